The fraction of sp³-hybridized carbons (Fsp3) is 0.588. The number of hydrogen-bond donors (Lipinski definition) is 1. The number of rotatable bonds is 9. The first-order chi connectivity index (χ1) is 10.1. The summed E-state index contributed by atoms with van der Waals surface area (Å²) < 4.78 is 18.7. The van der Waals surface area contributed by atoms with E-state index in [1.807, 2.05) is 0 Å². The SMILES string of the molecule is CCCCCCC(CN)(C(=O)OCC)c1cccc(F)c1. The van der Waals surface area contributed by atoms with Crippen molar-refractivity contribution in [2.24, 2.45) is 5.73 Å². The second kappa shape index (κ2) is 8.78. The number of unbranched alkanes of at least 4 members (excludes halogenated alkanes) is 3. The molecular formula is C17H26FNO2. The van der Waals surface area contributed by atoms with Crippen LogP contribution in [0.5, 0.6) is 0 Å². The maximum atomic E-state index is 13.5. The Kier molecular flexibility index (Phi) is 7.37. The van der Waals surface area contributed by atoms with Crippen LogP contribution in [0.3, 0.4) is 0 Å². The van der Waals surface area contributed by atoms with E-state index in [0.717, 1.165) is 25.7 Å². The average molecular weight is 295 g/mol. The van der Waals surface area contributed by atoms with Gasteiger partial charge in [0.05, 0.1) is 6.61 Å². The second-order valence-corrected chi connectivity index (χ2v) is 5.33. The number of benzene rings is 1. The second-order valence-electron chi connectivity index (χ2n) is 5.33. The van der Waals surface area contributed by atoms with Crippen molar-refractivity contribution in [3.05, 3.63) is 35.6 Å². The van der Waals surface area contributed by atoms with Crippen LogP contribution in [-0.4, -0.2) is 19.1 Å². The number of carbonyl (C=O) groups is 1. The Labute approximate surface area is 126 Å². The third kappa shape index (κ3) is 4.53. The lowest BCUT2D eigenvalue weighted by Crippen LogP contribution is -2.44. The van der Waals surface area contributed by atoms with Crippen molar-refractivity contribution in [3.63, 3.8) is 0 Å². The highest BCUT2D eigenvalue weighted by Gasteiger charge is 2.40. The molecule has 0 saturated carbocycles. The van der Waals surface area contributed by atoms with Crippen LogP contribution in [0, 0.1) is 5.82 Å². The summed E-state index contributed by atoms with van der Waals surface area (Å²) >= 11 is 0. The van der Waals surface area contributed by atoms with E-state index in [-0.39, 0.29) is 18.3 Å². The maximum absolute atomic E-state index is 13.5. The molecular weight excluding hydrogens is 269 g/mol. The molecule has 2 N–H and O–H groups in total. The fourth-order valence-corrected chi connectivity index (χ4v) is 2.58. The molecule has 1 unspecified atom stereocenters. The molecule has 1 atom stereocenters. The van der Waals surface area contributed by atoms with E-state index >= 15 is 0 Å². The van der Waals surface area contributed by atoms with E-state index in [9.17, 15) is 9.18 Å². The molecule has 1 aromatic rings. The minimum Gasteiger partial charge on any atom is -0.465 e. The zero-order valence-electron chi connectivity index (χ0n) is 13.0. The number of esters is 1. The standard InChI is InChI=1S/C17H26FNO2/c1-3-5-6-7-11-17(13-19,16(20)21-4-2)14-9-8-10-15(18)12-14/h8-10,12H,3-7,11,13,19H2,1-2H3. The van der Waals surface area contributed by atoms with Gasteiger partial charge in [-0.25, -0.2) is 4.39 Å². The summed E-state index contributed by atoms with van der Waals surface area (Å²) in [6.45, 7) is 4.32. The van der Waals surface area contributed by atoms with E-state index in [1.54, 1.807) is 19.1 Å². The van der Waals surface area contributed by atoms with Gasteiger partial charge in [-0.2, -0.15) is 0 Å². The number of nitrogens with two attached hydrogens (primary N) is 1. The van der Waals surface area contributed by atoms with Crippen molar-refractivity contribution in [1.82, 2.24) is 0 Å². The number of carbonyl (C=O) groups excluding carboxylic acids is 1. The monoisotopic (exact) mass is 295 g/mol. The van der Waals surface area contributed by atoms with Gasteiger partial charge in [0.25, 0.3) is 0 Å². The largest absolute Gasteiger partial charge is 0.465 e. The van der Waals surface area contributed by atoms with Gasteiger partial charge in [-0.3, -0.25) is 4.79 Å². The van der Waals surface area contributed by atoms with Crippen LogP contribution < -0.4 is 5.73 Å². The Morgan fingerprint density at radius 1 is 1.29 bits per heavy atom. The van der Waals surface area contributed by atoms with E-state index in [2.05, 4.69) is 6.92 Å². The Balaban J connectivity index is 3.04. The first-order valence-corrected chi connectivity index (χ1v) is 7.74. The van der Waals surface area contributed by atoms with Gasteiger partial charge in [0, 0.05) is 6.54 Å². The molecule has 0 spiro atoms. The molecule has 118 valence electrons. The van der Waals surface area contributed by atoms with Gasteiger partial charge >= 0.3 is 5.97 Å². The molecule has 0 heterocycles. The summed E-state index contributed by atoms with van der Waals surface area (Å²) in [6, 6.07) is 6.13. The van der Waals surface area contributed by atoms with Crippen molar-refractivity contribution in [1.29, 1.82) is 0 Å². The van der Waals surface area contributed by atoms with Crippen LogP contribution in [0.25, 0.3) is 0 Å². The fourth-order valence-electron chi connectivity index (χ4n) is 2.58. The van der Waals surface area contributed by atoms with Crippen molar-refractivity contribution >= 4 is 5.97 Å². The number of halogens is 1. The lowest BCUT2D eigenvalue weighted by molar-refractivity contribution is -0.150. The highest BCUT2D eigenvalue weighted by Crippen LogP contribution is 2.31. The number of hydrogen-bond acceptors (Lipinski definition) is 3. The number of ether oxygens (including phenoxy) is 1. The van der Waals surface area contributed by atoms with E-state index in [1.165, 1.54) is 12.1 Å². The van der Waals surface area contributed by atoms with Crippen LogP contribution >= 0.6 is 0 Å². The topological polar surface area (TPSA) is 52.3 Å². The van der Waals surface area contributed by atoms with Crippen molar-refractivity contribution in [2.45, 2.75) is 51.4 Å². The molecule has 21 heavy (non-hydrogen) atoms. The maximum Gasteiger partial charge on any atom is 0.317 e. The zero-order valence-corrected chi connectivity index (χ0v) is 13.0. The highest BCUT2D eigenvalue weighted by molar-refractivity contribution is 5.83. The van der Waals surface area contributed by atoms with Crippen molar-refractivity contribution in [2.75, 3.05) is 13.2 Å². The van der Waals surface area contributed by atoms with Crippen LogP contribution in [0.15, 0.2) is 24.3 Å². The third-order valence-corrected chi connectivity index (χ3v) is 3.85. The zero-order chi connectivity index (χ0) is 15.7. The van der Waals surface area contributed by atoms with Gasteiger partial charge in [0.15, 0.2) is 0 Å². The van der Waals surface area contributed by atoms with Crippen LogP contribution in [-0.2, 0) is 14.9 Å². The highest BCUT2D eigenvalue weighted by atomic mass is 19.1. The molecule has 0 bridgehead atoms. The Morgan fingerprint density at radius 2 is 2.05 bits per heavy atom. The van der Waals surface area contributed by atoms with Crippen LogP contribution in [0.1, 0.15) is 51.5 Å². The minimum atomic E-state index is -0.939. The summed E-state index contributed by atoms with van der Waals surface area (Å²) in [6.07, 6.45) is 4.74. The predicted octanol–water partition coefficient (Wildman–Crippen LogP) is 3.56. The Morgan fingerprint density at radius 3 is 2.62 bits per heavy atom. The summed E-state index contributed by atoms with van der Waals surface area (Å²) in [7, 11) is 0. The molecule has 3 nitrogen and oxygen atoms in total. The molecule has 0 saturated heterocycles. The average Bonchev–Trinajstić information content (AvgIpc) is 2.48. The summed E-state index contributed by atoms with van der Waals surface area (Å²) in [5.41, 5.74) is 5.58. The first-order valence-electron chi connectivity index (χ1n) is 7.74. The Bertz CT molecular complexity index is 450. The molecule has 0 amide bonds. The first kappa shape index (κ1) is 17.6. The lowest BCUT2D eigenvalue weighted by atomic mass is 9.76. The van der Waals surface area contributed by atoms with Crippen molar-refractivity contribution in [3.8, 4) is 0 Å². The van der Waals surface area contributed by atoms with Crippen LogP contribution in [0.2, 0.25) is 0 Å². The van der Waals surface area contributed by atoms with Gasteiger partial charge in [-0.1, -0.05) is 44.7 Å². The van der Waals surface area contributed by atoms with E-state index in [0.29, 0.717) is 18.6 Å². The van der Waals surface area contributed by atoms with Crippen molar-refractivity contribution < 1.29 is 13.9 Å². The van der Waals surface area contributed by atoms with Gasteiger partial charge in [-0.05, 0) is 31.0 Å². The Hall–Kier alpha value is -1.42. The smallest absolute Gasteiger partial charge is 0.317 e. The summed E-state index contributed by atoms with van der Waals surface area (Å²) in [5, 5.41) is 0. The van der Waals surface area contributed by atoms with Gasteiger partial charge < -0.3 is 10.5 Å². The molecule has 0 fully saturated rings. The van der Waals surface area contributed by atoms with Gasteiger partial charge in [-0.15, -0.1) is 0 Å². The predicted molar refractivity (Wildman–Crippen MR) is 82.5 cm³/mol. The molecule has 4 heteroatoms. The molecule has 1 rings (SSSR count). The molecule has 1 aromatic carbocycles. The molecule has 0 radical (unpaired) electrons. The quantitative estimate of drug-likeness (QED) is 0.560. The van der Waals surface area contributed by atoms with Gasteiger partial charge in [0.2, 0.25) is 0 Å². The van der Waals surface area contributed by atoms with E-state index in [4.69, 9.17) is 10.5 Å². The molecule has 0 aromatic heterocycles. The molecule has 0 aliphatic heterocycles. The normalized spacial score (nSPS) is 13.7. The summed E-state index contributed by atoms with van der Waals surface area (Å²) in [5.74, 6) is -0.710. The van der Waals surface area contributed by atoms with E-state index < -0.39 is 5.41 Å². The van der Waals surface area contributed by atoms with Gasteiger partial charge in [0.1, 0.15) is 11.2 Å². The third-order valence-electron chi connectivity index (χ3n) is 3.85. The lowest BCUT2D eigenvalue weighted by Gasteiger charge is -2.30. The minimum absolute atomic E-state index is 0.126. The molecule has 0 aliphatic rings. The summed E-state index contributed by atoms with van der Waals surface area (Å²) in [4.78, 5) is 12.4. The molecule has 0 aliphatic carbocycles. The van der Waals surface area contributed by atoms with Crippen LogP contribution in [0.4, 0.5) is 4.39 Å².